The van der Waals surface area contributed by atoms with Gasteiger partial charge in [-0.05, 0) is 51.6 Å². The molecule has 0 saturated carbocycles. The zero-order valence-electron chi connectivity index (χ0n) is 13.9. The van der Waals surface area contributed by atoms with Gasteiger partial charge < -0.3 is 10.2 Å². The Morgan fingerprint density at radius 2 is 1.60 bits per heavy atom. The topological polar surface area (TPSA) is 32.3 Å². The lowest BCUT2D eigenvalue weighted by Gasteiger charge is -2.34. The van der Waals surface area contributed by atoms with Crippen molar-refractivity contribution >= 4 is 18.3 Å². The lowest BCUT2D eigenvalue weighted by molar-refractivity contribution is -0.123. The van der Waals surface area contributed by atoms with Gasteiger partial charge in [0, 0.05) is 18.5 Å². The summed E-state index contributed by atoms with van der Waals surface area (Å²) in [7, 11) is 0. The van der Waals surface area contributed by atoms with Crippen LogP contribution in [0.1, 0.15) is 66.7 Å². The zero-order chi connectivity index (χ0) is 14.5. The Bertz CT molecular complexity index is 291. The number of nitrogens with zero attached hydrogens (tertiary/aromatic N) is 1. The molecule has 1 heterocycles. The maximum atomic E-state index is 12.0. The molecule has 1 N–H and O–H groups in total. The Morgan fingerprint density at radius 1 is 1.05 bits per heavy atom. The molecule has 0 aromatic rings. The van der Waals surface area contributed by atoms with Crippen molar-refractivity contribution in [3.63, 3.8) is 0 Å². The van der Waals surface area contributed by atoms with E-state index in [1.165, 1.54) is 32.4 Å². The summed E-state index contributed by atoms with van der Waals surface area (Å²) in [5.74, 6) is 0.194. The number of carbonyl (C=O) groups is 1. The van der Waals surface area contributed by atoms with Crippen LogP contribution in [-0.2, 0) is 4.79 Å². The van der Waals surface area contributed by atoms with E-state index >= 15 is 0 Å². The molecule has 0 atom stereocenters. The predicted octanol–water partition coefficient (Wildman–Crippen LogP) is 3.62. The summed E-state index contributed by atoms with van der Waals surface area (Å²) in [4.78, 5) is 14.5. The Balaban J connectivity index is 0.00000361. The maximum Gasteiger partial charge on any atom is 0.221 e. The van der Waals surface area contributed by atoms with Gasteiger partial charge in [-0.15, -0.1) is 12.4 Å². The average Bonchev–Trinajstić information content (AvgIpc) is 2.23. The van der Waals surface area contributed by atoms with E-state index in [0.29, 0.717) is 6.42 Å². The minimum Gasteiger partial charge on any atom is -0.351 e. The number of hydrogen-bond donors (Lipinski definition) is 1. The molecule has 0 radical (unpaired) electrons. The Hall–Kier alpha value is -0.280. The van der Waals surface area contributed by atoms with Gasteiger partial charge in [-0.1, -0.05) is 27.2 Å². The molecular formula is C16H33ClN2O. The summed E-state index contributed by atoms with van der Waals surface area (Å²) in [6.45, 7) is 14.1. The Kier molecular flexibility index (Phi) is 8.12. The van der Waals surface area contributed by atoms with Crippen LogP contribution in [0, 0.1) is 5.41 Å². The molecule has 1 aliphatic heterocycles. The molecular weight excluding hydrogens is 272 g/mol. The second-order valence-electron chi connectivity index (χ2n) is 7.82. The van der Waals surface area contributed by atoms with Gasteiger partial charge in [-0.2, -0.15) is 0 Å². The minimum absolute atomic E-state index is 0. The molecule has 1 saturated heterocycles. The molecule has 0 aromatic carbocycles. The van der Waals surface area contributed by atoms with Gasteiger partial charge in [0.2, 0.25) is 5.91 Å². The van der Waals surface area contributed by atoms with Crippen LogP contribution in [-0.4, -0.2) is 36.0 Å². The number of likely N-dealkylation sites (tertiary alicyclic amines) is 1. The van der Waals surface area contributed by atoms with Crippen LogP contribution in [0.3, 0.4) is 0 Å². The second kappa shape index (κ2) is 8.23. The lowest BCUT2D eigenvalue weighted by Crippen LogP contribution is -2.46. The number of piperidine rings is 1. The van der Waals surface area contributed by atoms with Crippen LogP contribution < -0.4 is 5.32 Å². The van der Waals surface area contributed by atoms with Crippen molar-refractivity contribution in [2.45, 2.75) is 72.3 Å². The molecule has 1 aliphatic rings. The van der Waals surface area contributed by atoms with E-state index < -0.39 is 0 Å². The van der Waals surface area contributed by atoms with Crippen LogP contribution in [0.2, 0.25) is 0 Å². The normalized spacial score (nSPS) is 17.4. The van der Waals surface area contributed by atoms with Crippen molar-refractivity contribution in [3.8, 4) is 0 Å². The van der Waals surface area contributed by atoms with Crippen molar-refractivity contribution in [1.82, 2.24) is 10.2 Å². The van der Waals surface area contributed by atoms with Crippen molar-refractivity contribution in [2.75, 3.05) is 19.6 Å². The van der Waals surface area contributed by atoms with Gasteiger partial charge in [-0.25, -0.2) is 0 Å². The van der Waals surface area contributed by atoms with E-state index in [0.717, 1.165) is 13.0 Å². The average molecular weight is 305 g/mol. The highest BCUT2D eigenvalue weighted by Gasteiger charge is 2.26. The van der Waals surface area contributed by atoms with E-state index in [9.17, 15) is 4.79 Å². The fourth-order valence-electron chi connectivity index (χ4n) is 3.25. The first-order chi connectivity index (χ1) is 8.68. The number of rotatable bonds is 5. The molecule has 120 valence electrons. The van der Waals surface area contributed by atoms with Crippen LogP contribution in [0.5, 0.6) is 0 Å². The van der Waals surface area contributed by atoms with E-state index in [2.05, 4.69) is 44.8 Å². The fraction of sp³-hybridized carbons (Fsp3) is 0.938. The van der Waals surface area contributed by atoms with Gasteiger partial charge in [0.15, 0.2) is 0 Å². The second-order valence-corrected chi connectivity index (χ2v) is 7.82. The van der Waals surface area contributed by atoms with Crippen molar-refractivity contribution < 1.29 is 4.79 Å². The van der Waals surface area contributed by atoms with Gasteiger partial charge in [0.1, 0.15) is 0 Å². The minimum atomic E-state index is -0.114. The van der Waals surface area contributed by atoms with Gasteiger partial charge in [-0.3, -0.25) is 4.79 Å². The highest BCUT2D eigenvalue weighted by molar-refractivity contribution is 5.85. The molecule has 0 spiro atoms. The summed E-state index contributed by atoms with van der Waals surface area (Å²) >= 11 is 0. The number of carbonyl (C=O) groups excluding carboxylic acids is 1. The summed E-state index contributed by atoms with van der Waals surface area (Å²) in [5.41, 5.74) is 0.126. The molecule has 0 bridgehead atoms. The standard InChI is InChI=1S/C16H32N2O.ClH/c1-15(2,3)13-16(4,5)17-14(19)9-12-18-10-7-6-8-11-18;/h6-13H2,1-5H3,(H,17,19);1H. The summed E-state index contributed by atoms with van der Waals surface area (Å²) in [6.07, 6.45) is 5.55. The molecule has 1 fully saturated rings. The van der Waals surface area contributed by atoms with Crippen LogP contribution in [0.15, 0.2) is 0 Å². The van der Waals surface area contributed by atoms with E-state index in [1.54, 1.807) is 0 Å². The number of amides is 1. The Morgan fingerprint density at radius 3 is 2.10 bits per heavy atom. The predicted molar refractivity (Wildman–Crippen MR) is 88.4 cm³/mol. The highest BCUT2D eigenvalue weighted by Crippen LogP contribution is 2.26. The fourth-order valence-corrected chi connectivity index (χ4v) is 3.25. The maximum absolute atomic E-state index is 12.0. The van der Waals surface area contributed by atoms with Crippen LogP contribution >= 0.6 is 12.4 Å². The largest absolute Gasteiger partial charge is 0.351 e. The first-order valence-corrected chi connectivity index (χ1v) is 7.71. The first-order valence-electron chi connectivity index (χ1n) is 7.71. The first kappa shape index (κ1) is 19.7. The Labute approximate surface area is 131 Å². The van der Waals surface area contributed by atoms with Crippen LogP contribution in [0.25, 0.3) is 0 Å². The van der Waals surface area contributed by atoms with E-state index in [1.807, 2.05) is 0 Å². The van der Waals surface area contributed by atoms with Gasteiger partial charge >= 0.3 is 0 Å². The summed E-state index contributed by atoms with van der Waals surface area (Å²) in [5, 5.41) is 3.19. The molecule has 0 aromatic heterocycles. The molecule has 3 nitrogen and oxygen atoms in total. The third-order valence-electron chi connectivity index (χ3n) is 3.55. The van der Waals surface area contributed by atoms with Crippen LogP contribution in [0.4, 0.5) is 0 Å². The third kappa shape index (κ3) is 8.80. The van der Waals surface area contributed by atoms with Crippen molar-refractivity contribution in [1.29, 1.82) is 0 Å². The highest BCUT2D eigenvalue weighted by atomic mass is 35.5. The van der Waals surface area contributed by atoms with E-state index in [-0.39, 0.29) is 29.3 Å². The molecule has 1 rings (SSSR count). The quantitative estimate of drug-likeness (QED) is 0.841. The number of halogens is 1. The SMILES string of the molecule is CC(C)(C)CC(C)(C)NC(=O)CCN1CCCCC1.Cl. The molecule has 0 unspecified atom stereocenters. The van der Waals surface area contributed by atoms with Crippen molar-refractivity contribution in [2.24, 2.45) is 5.41 Å². The smallest absolute Gasteiger partial charge is 0.221 e. The van der Waals surface area contributed by atoms with Gasteiger partial charge in [0.25, 0.3) is 0 Å². The molecule has 20 heavy (non-hydrogen) atoms. The molecule has 4 heteroatoms. The number of hydrogen-bond acceptors (Lipinski definition) is 2. The molecule has 1 amide bonds. The van der Waals surface area contributed by atoms with E-state index in [4.69, 9.17) is 0 Å². The third-order valence-corrected chi connectivity index (χ3v) is 3.55. The summed E-state index contributed by atoms with van der Waals surface area (Å²) < 4.78 is 0. The number of nitrogens with one attached hydrogen (secondary N) is 1. The van der Waals surface area contributed by atoms with Crippen molar-refractivity contribution in [3.05, 3.63) is 0 Å². The zero-order valence-corrected chi connectivity index (χ0v) is 14.7. The molecule has 0 aliphatic carbocycles. The van der Waals surface area contributed by atoms with Gasteiger partial charge in [0.05, 0.1) is 0 Å². The monoisotopic (exact) mass is 304 g/mol. The lowest BCUT2D eigenvalue weighted by atomic mass is 9.82. The summed E-state index contributed by atoms with van der Waals surface area (Å²) in [6, 6.07) is 0.